The van der Waals surface area contributed by atoms with Crippen molar-refractivity contribution < 1.29 is 4.74 Å². The van der Waals surface area contributed by atoms with E-state index >= 15 is 0 Å². The van der Waals surface area contributed by atoms with Crippen molar-refractivity contribution >= 4 is 17.3 Å². The van der Waals surface area contributed by atoms with Crippen molar-refractivity contribution in [2.24, 2.45) is 0 Å². The molecule has 1 heterocycles. The molecule has 17 heavy (non-hydrogen) atoms. The zero-order valence-corrected chi connectivity index (χ0v) is 9.99. The first-order valence-electron chi connectivity index (χ1n) is 4.97. The van der Waals surface area contributed by atoms with Gasteiger partial charge >= 0.3 is 0 Å². The summed E-state index contributed by atoms with van der Waals surface area (Å²) < 4.78 is 6.29. The van der Waals surface area contributed by atoms with Crippen LogP contribution in [0, 0.1) is 0 Å². The Morgan fingerprint density at radius 1 is 1.53 bits per heavy atom. The van der Waals surface area contributed by atoms with E-state index in [9.17, 15) is 4.79 Å². The summed E-state index contributed by atoms with van der Waals surface area (Å²) in [5, 5.41) is 3.44. The smallest absolute Gasteiger partial charge is 0.294 e. The lowest BCUT2D eigenvalue weighted by Gasteiger charge is -2.01. The Bertz CT molecular complexity index is 589. The minimum Gasteiger partial charge on any atom is -0.393 e. The standard InChI is InChI=1S/C11H12ClN3O2/c1-17-6-9-10(13)11(16)15(14-9)8-4-2-3-7(12)5-8/h2-5,14H,6,13H2,1H3. The van der Waals surface area contributed by atoms with Crippen molar-refractivity contribution in [1.29, 1.82) is 0 Å². The van der Waals surface area contributed by atoms with E-state index in [-0.39, 0.29) is 17.9 Å². The van der Waals surface area contributed by atoms with Crippen LogP contribution in [-0.2, 0) is 11.3 Å². The zero-order chi connectivity index (χ0) is 12.4. The SMILES string of the molecule is COCc1[nH]n(-c2cccc(Cl)c2)c(=O)c1N. The maximum absolute atomic E-state index is 11.9. The van der Waals surface area contributed by atoms with Crippen LogP contribution in [0.1, 0.15) is 5.69 Å². The van der Waals surface area contributed by atoms with Crippen LogP contribution in [0.3, 0.4) is 0 Å². The third kappa shape index (κ3) is 2.20. The van der Waals surface area contributed by atoms with Crippen molar-refractivity contribution in [3.05, 3.63) is 45.3 Å². The molecule has 2 rings (SSSR count). The molecule has 0 aliphatic heterocycles. The molecule has 0 unspecified atom stereocenters. The molecule has 1 aromatic heterocycles. The maximum Gasteiger partial charge on any atom is 0.294 e. The number of methoxy groups -OCH3 is 1. The number of nitrogens with one attached hydrogen (secondary N) is 1. The molecule has 0 radical (unpaired) electrons. The van der Waals surface area contributed by atoms with E-state index in [1.165, 1.54) is 11.8 Å². The minimum absolute atomic E-state index is 0.159. The number of aromatic amines is 1. The van der Waals surface area contributed by atoms with Gasteiger partial charge in [0.2, 0.25) is 0 Å². The Balaban J connectivity index is 2.53. The molecular formula is C11H12ClN3O2. The van der Waals surface area contributed by atoms with Gasteiger partial charge in [0, 0.05) is 12.1 Å². The molecule has 0 aliphatic carbocycles. The summed E-state index contributed by atoms with van der Waals surface area (Å²) in [7, 11) is 1.54. The highest BCUT2D eigenvalue weighted by molar-refractivity contribution is 6.30. The molecule has 2 aromatic rings. The van der Waals surface area contributed by atoms with Gasteiger partial charge in [0.25, 0.3) is 5.56 Å². The second-order valence-corrected chi connectivity index (χ2v) is 3.99. The number of ether oxygens (including phenoxy) is 1. The van der Waals surface area contributed by atoms with Gasteiger partial charge in [-0.3, -0.25) is 9.89 Å². The highest BCUT2D eigenvalue weighted by Crippen LogP contribution is 2.14. The van der Waals surface area contributed by atoms with Crippen molar-refractivity contribution in [3.63, 3.8) is 0 Å². The fourth-order valence-electron chi connectivity index (χ4n) is 1.55. The zero-order valence-electron chi connectivity index (χ0n) is 9.24. The number of nitrogen functional groups attached to an aromatic ring is 1. The summed E-state index contributed by atoms with van der Waals surface area (Å²) in [6, 6.07) is 6.94. The Morgan fingerprint density at radius 2 is 2.29 bits per heavy atom. The Hall–Kier alpha value is -1.72. The lowest BCUT2D eigenvalue weighted by molar-refractivity contribution is 0.181. The molecular weight excluding hydrogens is 242 g/mol. The van der Waals surface area contributed by atoms with E-state index in [0.29, 0.717) is 16.4 Å². The molecule has 6 heteroatoms. The van der Waals surface area contributed by atoms with Gasteiger partial charge in [-0.1, -0.05) is 17.7 Å². The molecule has 1 aromatic carbocycles. The lowest BCUT2D eigenvalue weighted by Crippen LogP contribution is -2.16. The molecule has 0 saturated heterocycles. The van der Waals surface area contributed by atoms with Gasteiger partial charge < -0.3 is 10.5 Å². The summed E-state index contributed by atoms with van der Waals surface area (Å²) in [6.45, 7) is 0.259. The number of hydrogen-bond acceptors (Lipinski definition) is 3. The number of anilines is 1. The molecule has 0 spiro atoms. The number of H-pyrrole nitrogens is 1. The van der Waals surface area contributed by atoms with Crippen molar-refractivity contribution in [2.45, 2.75) is 6.61 Å². The summed E-state index contributed by atoms with van der Waals surface area (Å²) in [5.74, 6) is 0. The first-order valence-corrected chi connectivity index (χ1v) is 5.35. The Labute approximate surface area is 103 Å². The van der Waals surface area contributed by atoms with E-state index in [1.807, 2.05) is 0 Å². The van der Waals surface area contributed by atoms with Crippen LogP contribution in [0.5, 0.6) is 0 Å². The predicted octanol–water partition coefficient (Wildman–Crippen LogP) is 1.55. The quantitative estimate of drug-likeness (QED) is 0.872. The molecule has 0 aliphatic rings. The average Bonchev–Trinajstić information content (AvgIpc) is 2.58. The monoisotopic (exact) mass is 253 g/mol. The lowest BCUT2D eigenvalue weighted by atomic mass is 10.3. The largest absolute Gasteiger partial charge is 0.393 e. The fourth-order valence-corrected chi connectivity index (χ4v) is 1.73. The van der Waals surface area contributed by atoms with E-state index in [0.717, 1.165) is 0 Å². The van der Waals surface area contributed by atoms with Gasteiger partial charge in [-0.15, -0.1) is 0 Å². The van der Waals surface area contributed by atoms with Crippen LogP contribution in [-0.4, -0.2) is 16.9 Å². The van der Waals surface area contributed by atoms with Crippen LogP contribution in [0.2, 0.25) is 5.02 Å². The highest BCUT2D eigenvalue weighted by Gasteiger charge is 2.11. The molecule has 0 atom stereocenters. The number of benzene rings is 1. The number of hydrogen-bond donors (Lipinski definition) is 2. The van der Waals surface area contributed by atoms with Gasteiger partial charge in [0.1, 0.15) is 5.69 Å². The molecule has 0 fully saturated rings. The van der Waals surface area contributed by atoms with Gasteiger partial charge in [-0.05, 0) is 18.2 Å². The minimum atomic E-state index is -0.306. The van der Waals surface area contributed by atoms with Gasteiger partial charge in [0.05, 0.1) is 18.0 Å². The fraction of sp³-hybridized carbons (Fsp3) is 0.182. The molecule has 0 amide bonds. The number of halogens is 1. The molecule has 0 saturated carbocycles. The van der Waals surface area contributed by atoms with E-state index in [1.54, 1.807) is 24.3 Å². The molecule has 90 valence electrons. The van der Waals surface area contributed by atoms with Gasteiger partial charge in [-0.2, -0.15) is 0 Å². The molecule has 3 N–H and O–H groups in total. The van der Waals surface area contributed by atoms with Crippen LogP contribution < -0.4 is 11.3 Å². The first-order chi connectivity index (χ1) is 8.13. The summed E-state index contributed by atoms with van der Waals surface area (Å²) in [6.07, 6.45) is 0. The van der Waals surface area contributed by atoms with Crippen LogP contribution in [0.4, 0.5) is 5.69 Å². The molecule has 0 bridgehead atoms. The van der Waals surface area contributed by atoms with Gasteiger partial charge in [-0.25, -0.2) is 4.68 Å². The topological polar surface area (TPSA) is 73.0 Å². The maximum atomic E-state index is 11.9. The highest BCUT2D eigenvalue weighted by atomic mass is 35.5. The number of nitrogens with two attached hydrogens (primary N) is 1. The third-order valence-corrected chi connectivity index (χ3v) is 2.60. The normalized spacial score (nSPS) is 10.7. The first kappa shape index (κ1) is 11.8. The number of aromatic nitrogens is 2. The van der Waals surface area contributed by atoms with Crippen molar-refractivity contribution in [1.82, 2.24) is 9.78 Å². The van der Waals surface area contributed by atoms with Gasteiger partial charge in [0.15, 0.2) is 0 Å². The molecule has 5 nitrogen and oxygen atoms in total. The third-order valence-electron chi connectivity index (χ3n) is 2.36. The average molecular weight is 254 g/mol. The van der Waals surface area contributed by atoms with Crippen LogP contribution in [0.15, 0.2) is 29.1 Å². The Kier molecular flexibility index (Phi) is 3.21. The number of rotatable bonds is 3. The number of nitrogens with zero attached hydrogens (tertiary/aromatic N) is 1. The second-order valence-electron chi connectivity index (χ2n) is 3.56. The second kappa shape index (κ2) is 4.65. The van der Waals surface area contributed by atoms with Crippen LogP contribution >= 0.6 is 11.6 Å². The predicted molar refractivity (Wildman–Crippen MR) is 66.5 cm³/mol. The summed E-state index contributed by atoms with van der Waals surface area (Å²) in [5.41, 5.74) is 6.73. The summed E-state index contributed by atoms with van der Waals surface area (Å²) in [4.78, 5) is 11.9. The van der Waals surface area contributed by atoms with Crippen molar-refractivity contribution in [2.75, 3.05) is 12.8 Å². The van der Waals surface area contributed by atoms with E-state index in [2.05, 4.69) is 5.10 Å². The van der Waals surface area contributed by atoms with Crippen molar-refractivity contribution in [3.8, 4) is 5.69 Å². The summed E-state index contributed by atoms with van der Waals surface area (Å²) >= 11 is 5.87. The van der Waals surface area contributed by atoms with E-state index in [4.69, 9.17) is 22.1 Å². The Morgan fingerprint density at radius 3 is 2.94 bits per heavy atom. The van der Waals surface area contributed by atoms with Crippen LogP contribution in [0.25, 0.3) is 5.69 Å². The van der Waals surface area contributed by atoms with E-state index < -0.39 is 0 Å².